The first kappa shape index (κ1) is 22.3. The SMILES string of the molecule is COc1ccc(-c2cc3n(n2)CCC(=O)N3Cc2ccc(C(=O)NCc3cccnc3)cc2)cc1. The molecule has 35 heavy (non-hydrogen) atoms. The summed E-state index contributed by atoms with van der Waals surface area (Å²) in [7, 11) is 1.63. The number of anilines is 1. The molecule has 0 saturated heterocycles. The first-order valence-electron chi connectivity index (χ1n) is 11.4. The van der Waals surface area contributed by atoms with Gasteiger partial charge in [0, 0.05) is 42.6 Å². The zero-order chi connectivity index (χ0) is 24.2. The summed E-state index contributed by atoms with van der Waals surface area (Å²) in [5.41, 5.74) is 4.20. The van der Waals surface area contributed by atoms with Crippen molar-refractivity contribution in [3.63, 3.8) is 0 Å². The van der Waals surface area contributed by atoms with Gasteiger partial charge in [-0.1, -0.05) is 18.2 Å². The van der Waals surface area contributed by atoms with Crippen molar-refractivity contribution in [1.29, 1.82) is 0 Å². The van der Waals surface area contributed by atoms with Gasteiger partial charge in [-0.25, -0.2) is 4.68 Å². The maximum Gasteiger partial charge on any atom is 0.251 e. The minimum atomic E-state index is -0.156. The predicted octanol–water partition coefficient (Wildman–Crippen LogP) is 3.82. The van der Waals surface area contributed by atoms with E-state index in [9.17, 15) is 9.59 Å². The molecule has 0 saturated carbocycles. The molecule has 0 fully saturated rings. The van der Waals surface area contributed by atoms with E-state index in [2.05, 4.69) is 10.3 Å². The molecule has 0 bridgehead atoms. The standard InChI is InChI=1S/C27H25N5O3/c1-35-23-10-8-21(9-11-23)24-15-25-31(26(33)12-14-32(25)30-24)18-19-4-6-22(7-5-19)27(34)29-17-20-3-2-13-28-16-20/h2-11,13,15-16H,12,14,17-18H2,1H3,(H,29,34). The summed E-state index contributed by atoms with van der Waals surface area (Å²) in [6.07, 6.45) is 3.82. The summed E-state index contributed by atoms with van der Waals surface area (Å²) < 4.78 is 7.11. The van der Waals surface area contributed by atoms with Crippen molar-refractivity contribution in [3.05, 3.63) is 95.8 Å². The number of carbonyl (C=O) groups is 2. The van der Waals surface area contributed by atoms with Gasteiger partial charge >= 0.3 is 0 Å². The number of aromatic nitrogens is 3. The van der Waals surface area contributed by atoms with Crippen molar-refractivity contribution >= 4 is 17.6 Å². The van der Waals surface area contributed by atoms with Gasteiger partial charge < -0.3 is 10.1 Å². The molecule has 4 aromatic rings. The quantitative estimate of drug-likeness (QED) is 0.446. The van der Waals surface area contributed by atoms with E-state index in [-0.39, 0.29) is 11.8 Å². The molecule has 2 aromatic heterocycles. The zero-order valence-corrected chi connectivity index (χ0v) is 19.3. The first-order chi connectivity index (χ1) is 17.1. The highest BCUT2D eigenvalue weighted by Crippen LogP contribution is 2.30. The fourth-order valence-corrected chi connectivity index (χ4v) is 4.06. The lowest BCUT2D eigenvalue weighted by Crippen LogP contribution is -2.36. The fourth-order valence-electron chi connectivity index (χ4n) is 4.06. The lowest BCUT2D eigenvalue weighted by Gasteiger charge is -2.27. The Hall–Kier alpha value is -4.46. The third kappa shape index (κ3) is 4.91. The van der Waals surface area contributed by atoms with Crippen molar-refractivity contribution in [3.8, 4) is 17.0 Å². The van der Waals surface area contributed by atoms with E-state index in [1.807, 2.05) is 59.3 Å². The van der Waals surface area contributed by atoms with E-state index in [0.717, 1.165) is 34.0 Å². The molecular weight excluding hydrogens is 442 g/mol. The summed E-state index contributed by atoms with van der Waals surface area (Å²) in [5.74, 6) is 1.45. The van der Waals surface area contributed by atoms with Gasteiger partial charge in [-0.3, -0.25) is 19.5 Å². The Balaban J connectivity index is 1.29. The van der Waals surface area contributed by atoms with Crippen molar-refractivity contribution in [1.82, 2.24) is 20.1 Å². The molecule has 1 aliphatic heterocycles. The largest absolute Gasteiger partial charge is 0.497 e. The number of rotatable bonds is 7. The monoisotopic (exact) mass is 467 g/mol. The Morgan fingerprint density at radius 2 is 1.86 bits per heavy atom. The van der Waals surface area contributed by atoms with Crippen molar-refractivity contribution in [2.24, 2.45) is 0 Å². The predicted molar refractivity (Wildman–Crippen MR) is 132 cm³/mol. The molecule has 0 unspecified atom stereocenters. The van der Waals surface area contributed by atoms with Gasteiger partial charge in [0.15, 0.2) is 0 Å². The second kappa shape index (κ2) is 9.80. The molecule has 0 atom stereocenters. The number of methoxy groups -OCH3 is 1. The van der Waals surface area contributed by atoms with Crippen molar-refractivity contribution < 1.29 is 14.3 Å². The van der Waals surface area contributed by atoms with Gasteiger partial charge in [0.1, 0.15) is 11.6 Å². The van der Waals surface area contributed by atoms with Gasteiger partial charge in [-0.05, 0) is 53.6 Å². The summed E-state index contributed by atoms with van der Waals surface area (Å²) in [6.45, 7) is 1.37. The Labute approximate surface area is 203 Å². The van der Waals surface area contributed by atoms with E-state index >= 15 is 0 Å². The number of carbonyl (C=O) groups excluding carboxylic acids is 2. The fraction of sp³-hybridized carbons (Fsp3) is 0.185. The minimum absolute atomic E-state index is 0.0528. The van der Waals surface area contributed by atoms with Crippen LogP contribution in [0.3, 0.4) is 0 Å². The number of benzene rings is 2. The molecule has 2 aromatic carbocycles. The van der Waals surface area contributed by atoms with Gasteiger partial charge in [-0.15, -0.1) is 0 Å². The molecule has 8 nitrogen and oxygen atoms in total. The highest BCUT2D eigenvalue weighted by Gasteiger charge is 2.26. The topological polar surface area (TPSA) is 89.4 Å². The number of nitrogens with zero attached hydrogens (tertiary/aromatic N) is 4. The van der Waals surface area contributed by atoms with Gasteiger partial charge in [0.2, 0.25) is 5.91 Å². The molecule has 0 radical (unpaired) electrons. The molecule has 8 heteroatoms. The summed E-state index contributed by atoms with van der Waals surface area (Å²) >= 11 is 0. The van der Waals surface area contributed by atoms with Crippen LogP contribution in [0.4, 0.5) is 5.82 Å². The van der Waals surface area contributed by atoms with Crippen molar-refractivity contribution in [2.75, 3.05) is 12.0 Å². The van der Waals surface area contributed by atoms with Crippen LogP contribution in [0.25, 0.3) is 11.3 Å². The van der Waals surface area contributed by atoms with E-state index in [1.54, 1.807) is 36.5 Å². The molecule has 3 heterocycles. The molecule has 0 aliphatic carbocycles. The van der Waals surface area contributed by atoms with Crippen molar-refractivity contribution in [2.45, 2.75) is 26.1 Å². The smallest absolute Gasteiger partial charge is 0.251 e. The number of amides is 2. The third-order valence-corrected chi connectivity index (χ3v) is 5.99. The molecular formula is C27H25N5O3. The van der Waals surface area contributed by atoms with Crippen LogP contribution in [0, 0.1) is 0 Å². The Bertz CT molecular complexity index is 1330. The molecule has 1 N–H and O–H groups in total. The average molecular weight is 468 g/mol. The number of aryl methyl sites for hydroxylation is 1. The second-order valence-electron chi connectivity index (χ2n) is 8.31. The highest BCUT2D eigenvalue weighted by atomic mass is 16.5. The van der Waals surface area contributed by atoms with Crippen LogP contribution in [-0.2, 0) is 24.4 Å². The summed E-state index contributed by atoms with van der Waals surface area (Å²) in [4.78, 5) is 31.1. The maximum absolute atomic E-state index is 12.8. The van der Waals surface area contributed by atoms with E-state index in [0.29, 0.717) is 31.6 Å². The average Bonchev–Trinajstić information content (AvgIpc) is 3.35. The molecule has 2 amide bonds. The lowest BCUT2D eigenvalue weighted by molar-refractivity contribution is -0.119. The number of pyridine rings is 1. The minimum Gasteiger partial charge on any atom is -0.497 e. The molecule has 1 aliphatic rings. The zero-order valence-electron chi connectivity index (χ0n) is 19.3. The number of hydrogen-bond donors (Lipinski definition) is 1. The van der Waals surface area contributed by atoms with E-state index in [4.69, 9.17) is 9.84 Å². The molecule has 5 rings (SSSR count). The first-order valence-corrected chi connectivity index (χ1v) is 11.4. The van der Waals surface area contributed by atoms with E-state index < -0.39 is 0 Å². The highest BCUT2D eigenvalue weighted by molar-refractivity contribution is 5.95. The van der Waals surface area contributed by atoms with Crippen LogP contribution >= 0.6 is 0 Å². The van der Waals surface area contributed by atoms with Gasteiger partial charge in [-0.2, -0.15) is 5.10 Å². The second-order valence-corrected chi connectivity index (χ2v) is 8.31. The lowest BCUT2D eigenvalue weighted by atomic mass is 10.1. The number of fused-ring (bicyclic) bond motifs is 1. The molecule has 176 valence electrons. The number of nitrogens with one attached hydrogen (secondary N) is 1. The Morgan fingerprint density at radius 1 is 1.06 bits per heavy atom. The summed E-state index contributed by atoms with van der Waals surface area (Å²) in [6, 6.07) is 20.7. The molecule has 0 spiro atoms. The number of hydrogen-bond acceptors (Lipinski definition) is 5. The Kier molecular flexibility index (Phi) is 6.26. The van der Waals surface area contributed by atoms with Gasteiger partial charge in [0.05, 0.1) is 25.9 Å². The van der Waals surface area contributed by atoms with Crippen LogP contribution in [0.5, 0.6) is 5.75 Å². The maximum atomic E-state index is 12.8. The number of ether oxygens (including phenoxy) is 1. The normalized spacial score (nSPS) is 12.8. The van der Waals surface area contributed by atoms with Gasteiger partial charge in [0.25, 0.3) is 5.91 Å². The van der Waals surface area contributed by atoms with Crippen LogP contribution in [-0.4, -0.2) is 33.7 Å². The van der Waals surface area contributed by atoms with Crippen LogP contribution < -0.4 is 15.0 Å². The Morgan fingerprint density at radius 3 is 2.57 bits per heavy atom. The third-order valence-electron chi connectivity index (χ3n) is 5.99. The van der Waals surface area contributed by atoms with Crippen LogP contribution in [0.15, 0.2) is 79.1 Å². The van der Waals surface area contributed by atoms with E-state index in [1.165, 1.54) is 0 Å². The summed E-state index contributed by atoms with van der Waals surface area (Å²) in [5, 5.41) is 7.61. The van der Waals surface area contributed by atoms with Crippen LogP contribution in [0.1, 0.15) is 27.9 Å². The van der Waals surface area contributed by atoms with Crippen LogP contribution in [0.2, 0.25) is 0 Å².